The van der Waals surface area contributed by atoms with Crippen LogP contribution in [-0.2, 0) is 9.59 Å². The number of benzene rings is 1. The van der Waals surface area contributed by atoms with Crippen molar-refractivity contribution in [2.45, 2.75) is 6.04 Å². The highest BCUT2D eigenvalue weighted by atomic mass is 35.5. The van der Waals surface area contributed by atoms with Crippen LogP contribution in [0.4, 0.5) is 0 Å². The van der Waals surface area contributed by atoms with Gasteiger partial charge in [-0.2, -0.15) is 0 Å². The van der Waals surface area contributed by atoms with E-state index < -0.39 is 23.5 Å². The second kappa shape index (κ2) is 6.37. The zero-order valence-electron chi connectivity index (χ0n) is 12.8. The predicted molar refractivity (Wildman–Crippen MR) is 89.4 cm³/mol. The summed E-state index contributed by atoms with van der Waals surface area (Å²) in [6.45, 7) is 0. The number of furan rings is 1. The highest BCUT2D eigenvalue weighted by Crippen LogP contribution is 2.37. The highest BCUT2D eigenvalue weighted by molar-refractivity contribution is 6.30. The standard InChI is InChI=1S/C18H14ClNO4/c1-20-16(11-4-2-5-12(19)10-11)15(17(22)18(20)23)14(21)8-7-13-6-3-9-24-13/h2-10,16,22H,1H3/b8-7+. The Balaban J connectivity index is 1.98. The summed E-state index contributed by atoms with van der Waals surface area (Å²) >= 11 is 6.01. The number of rotatable bonds is 4. The number of amides is 1. The fraction of sp³-hybridized carbons (Fsp3) is 0.111. The van der Waals surface area contributed by atoms with E-state index in [9.17, 15) is 14.7 Å². The third-order valence-corrected chi connectivity index (χ3v) is 4.05. The van der Waals surface area contributed by atoms with E-state index in [1.54, 1.807) is 36.4 Å². The Bertz CT molecular complexity index is 852. The Hall–Kier alpha value is -2.79. The van der Waals surface area contributed by atoms with Crippen LogP contribution in [0.25, 0.3) is 6.08 Å². The van der Waals surface area contributed by atoms with Gasteiger partial charge in [0.2, 0.25) is 0 Å². The van der Waals surface area contributed by atoms with Crippen molar-refractivity contribution < 1.29 is 19.1 Å². The summed E-state index contributed by atoms with van der Waals surface area (Å²) in [6.07, 6.45) is 4.25. The maximum atomic E-state index is 12.6. The lowest BCUT2D eigenvalue weighted by molar-refractivity contribution is -0.128. The number of nitrogens with zero attached hydrogens (tertiary/aromatic N) is 1. The van der Waals surface area contributed by atoms with Gasteiger partial charge in [0.05, 0.1) is 17.9 Å². The first-order valence-corrected chi connectivity index (χ1v) is 7.58. The third kappa shape index (κ3) is 2.86. The lowest BCUT2D eigenvalue weighted by Gasteiger charge is -2.22. The van der Waals surface area contributed by atoms with Crippen molar-refractivity contribution in [2.24, 2.45) is 0 Å². The summed E-state index contributed by atoms with van der Waals surface area (Å²) in [5, 5.41) is 10.6. The molecule has 0 spiro atoms. The molecule has 1 aliphatic rings. The molecule has 2 heterocycles. The first-order chi connectivity index (χ1) is 11.5. The largest absolute Gasteiger partial charge is 0.503 e. The zero-order valence-corrected chi connectivity index (χ0v) is 13.5. The quantitative estimate of drug-likeness (QED) is 0.862. The average Bonchev–Trinajstić information content (AvgIpc) is 3.15. The number of aliphatic hydroxyl groups is 1. The molecule has 122 valence electrons. The van der Waals surface area contributed by atoms with Gasteiger partial charge in [-0.3, -0.25) is 9.59 Å². The maximum Gasteiger partial charge on any atom is 0.289 e. The summed E-state index contributed by atoms with van der Waals surface area (Å²) < 4.78 is 5.13. The van der Waals surface area contributed by atoms with E-state index in [0.29, 0.717) is 16.3 Å². The van der Waals surface area contributed by atoms with Crippen molar-refractivity contribution in [2.75, 3.05) is 7.05 Å². The molecule has 0 saturated carbocycles. The molecule has 1 unspecified atom stereocenters. The molecule has 24 heavy (non-hydrogen) atoms. The summed E-state index contributed by atoms with van der Waals surface area (Å²) in [5.41, 5.74) is 0.671. The number of carbonyl (C=O) groups is 2. The Kier molecular flexibility index (Phi) is 4.27. The molecular weight excluding hydrogens is 330 g/mol. The maximum absolute atomic E-state index is 12.6. The molecule has 6 heteroatoms. The molecule has 2 aromatic rings. The number of carbonyl (C=O) groups excluding carboxylic acids is 2. The van der Waals surface area contributed by atoms with Crippen molar-refractivity contribution in [1.29, 1.82) is 0 Å². The molecule has 0 saturated heterocycles. The Morgan fingerprint density at radius 1 is 1.33 bits per heavy atom. The van der Waals surface area contributed by atoms with Gasteiger partial charge >= 0.3 is 0 Å². The molecule has 1 aliphatic heterocycles. The average molecular weight is 344 g/mol. The fourth-order valence-corrected chi connectivity index (χ4v) is 2.87. The van der Waals surface area contributed by atoms with Crippen LogP contribution in [0, 0.1) is 0 Å². The van der Waals surface area contributed by atoms with E-state index in [1.165, 1.54) is 30.4 Å². The summed E-state index contributed by atoms with van der Waals surface area (Å²) in [7, 11) is 1.53. The molecular formula is C18H14ClNO4. The number of hydrogen-bond acceptors (Lipinski definition) is 4. The van der Waals surface area contributed by atoms with Crippen molar-refractivity contribution in [3.63, 3.8) is 0 Å². The normalized spacial score (nSPS) is 18.0. The van der Waals surface area contributed by atoms with Gasteiger partial charge in [-0.15, -0.1) is 0 Å². The number of likely N-dealkylation sites (N-methyl/N-ethyl adjacent to an activating group) is 1. The molecule has 1 N–H and O–H groups in total. The molecule has 0 radical (unpaired) electrons. The van der Waals surface area contributed by atoms with Gasteiger partial charge in [-0.05, 0) is 42.0 Å². The van der Waals surface area contributed by atoms with E-state index in [2.05, 4.69) is 0 Å². The van der Waals surface area contributed by atoms with E-state index in [-0.39, 0.29) is 5.57 Å². The van der Waals surface area contributed by atoms with Gasteiger partial charge in [0.1, 0.15) is 5.76 Å². The van der Waals surface area contributed by atoms with Crippen LogP contribution in [-0.4, -0.2) is 28.7 Å². The van der Waals surface area contributed by atoms with Crippen LogP contribution in [0.3, 0.4) is 0 Å². The Morgan fingerprint density at radius 2 is 2.12 bits per heavy atom. The Labute approximate surface area is 143 Å². The predicted octanol–water partition coefficient (Wildman–Crippen LogP) is 3.54. The number of halogens is 1. The first kappa shape index (κ1) is 16.1. The van der Waals surface area contributed by atoms with Gasteiger partial charge < -0.3 is 14.4 Å². The van der Waals surface area contributed by atoms with E-state index in [0.717, 1.165) is 0 Å². The Morgan fingerprint density at radius 3 is 2.79 bits per heavy atom. The molecule has 1 amide bonds. The van der Waals surface area contributed by atoms with E-state index >= 15 is 0 Å². The van der Waals surface area contributed by atoms with Gasteiger partial charge in [-0.25, -0.2) is 0 Å². The summed E-state index contributed by atoms with van der Waals surface area (Å²) in [6, 6.07) is 9.54. The number of hydrogen-bond donors (Lipinski definition) is 1. The third-order valence-electron chi connectivity index (χ3n) is 3.81. The number of allylic oxidation sites excluding steroid dienone is 1. The van der Waals surface area contributed by atoms with Crippen LogP contribution in [0.1, 0.15) is 17.4 Å². The lowest BCUT2D eigenvalue weighted by Crippen LogP contribution is -2.26. The lowest BCUT2D eigenvalue weighted by atomic mass is 9.96. The van der Waals surface area contributed by atoms with E-state index in [4.69, 9.17) is 16.0 Å². The SMILES string of the molecule is CN1C(=O)C(O)=C(C(=O)/C=C/c2ccco2)C1c1cccc(Cl)c1. The van der Waals surface area contributed by atoms with Gasteiger partial charge in [0.25, 0.3) is 5.91 Å². The fourth-order valence-electron chi connectivity index (χ4n) is 2.67. The topological polar surface area (TPSA) is 70.8 Å². The van der Waals surface area contributed by atoms with Gasteiger partial charge in [-0.1, -0.05) is 23.7 Å². The monoisotopic (exact) mass is 343 g/mol. The van der Waals surface area contributed by atoms with E-state index in [1.807, 2.05) is 0 Å². The van der Waals surface area contributed by atoms with Gasteiger partial charge in [0.15, 0.2) is 11.5 Å². The molecule has 0 aliphatic carbocycles. The van der Waals surface area contributed by atoms with Crippen molar-refractivity contribution in [1.82, 2.24) is 4.90 Å². The molecule has 1 atom stereocenters. The molecule has 1 aromatic carbocycles. The van der Waals surface area contributed by atoms with Gasteiger partial charge in [0, 0.05) is 12.1 Å². The second-order valence-corrected chi connectivity index (χ2v) is 5.79. The van der Waals surface area contributed by atoms with Crippen LogP contribution in [0.2, 0.25) is 5.02 Å². The van der Waals surface area contributed by atoms with Crippen LogP contribution in [0.15, 0.2) is 64.5 Å². The van der Waals surface area contributed by atoms with Crippen molar-refractivity contribution >= 4 is 29.4 Å². The first-order valence-electron chi connectivity index (χ1n) is 7.20. The molecule has 0 fully saturated rings. The van der Waals surface area contributed by atoms with Crippen LogP contribution < -0.4 is 0 Å². The second-order valence-electron chi connectivity index (χ2n) is 5.35. The summed E-state index contributed by atoms with van der Waals surface area (Å²) in [5.74, 6) is -1.11. The van der Waals surface area contributed by atoms with Crippen LogP contribution >= 0.6 is 11.6 Å². The number of ketones is 1. The molecule has 3 rings (SSSR count). The molecule has 5 nitrogen and oxygen atoms in total. The minimum atomic E-state index is -0.690. The molecule has 1 aromatic heterocycles. The van der Waals surface area contributed by atoms with Crippen LogP contribution in [0.5, 0.6) is 0 Å². The number of aliphatic hydroxyl groups excluding tert-OH is 1. The van der Waals surface area contributed by atoms with Crippen molar-refractivity contribution in [3.8, 4) is 0 Å². The molecule has 0 bridgehead atoms. The zero-order chi connectivity index (χ0) is 17.3. The smallest absolute Gasteiger partial charge is 0.289 e. The minimum Gasteiger partial charge on any atom is -0.503 e. The summed E-state index contributed by atoms with van der Waals surface area (Å²) in [4.78, 5) is 26.0. The minimum absolute atomic E-state index is 0.0209. The van der Waals surface area contributed by atoms with Crippen molar-refractivity contribution in [3.05, 3.63) is 76.4 Å². The highest BCUT2D eigenvalue weighted by Gasteiger charge is 2.40.